The van der Waals surface area contributed by atoms with Gasteiger partial charge >= 0.3 is 0 Å². The molecule has 102 valence electrons. The van der Waals surface area contributed by atoms with Crippen LogP contribution in [-0.4, -0.2) is 4.98 Å². The number of aromatic nitrogens is 1. The smallest absolute Gasteiger partial charge is 0.237 e. The molecule has 4 heteroatoms. The van der Waals surface area contributed by atoms with E-state index in [1.165, 1.54) is 11.8 Å². The summed E-state index contributed by atoms with van der Waals surface area (Å²) < 4.78 is 5.68. The summed E-state index contributed by atoms with van der Waals surface area (Å²) in [5, 5.41) is 9.07. The molecule has 0 aliphatic carbocycles. The summed E-state index contributed by atoms with van der Waals surface area (Å²) in [6.07, 6.45) is 1.48. The molecule has 0 fully saturated rings. The first-order valence-corrected chi connectivity index (χ1v) is 6.45. The zero-order chi connectivity index (χ0) is 14.7. The number of anilines is 1. The van der Waals surface area contributed by atoms with Crippen molar-refractivity contribution in [2.45, 2.75) is 26.7 Å². The van der Waals surface area contributed by atoms with Crippen LogP contribution in [0.15, 0.2) is 30.5 Å². The average Bonchev–Trinajstić information content (AvgIpc) is 2.40. The Morgan fingerprint density at radius 3 is 2.65 bits per heavy atom. The second-order valence-electron chi connectivity index (χ2n) is 5.01. The van der Waals surface area contributed by atoms with Crippen LogP contribution < -0.4 is 10.5 Å². The fourth-order valence-corrected chi connectivity index (χ4v) is 2.10. The average molecular weight is 267 g/mol. The Hall–Kier alpha value is -2.54. The summed E-state index contributed by atoms with van der Waals surface area (Å²) in [5.41, 5.74) is 8.82. The van der Waals surface area contributed by atoms with E-state index < -0.39 is 0 Å². The van der Waals surface area contributed by atoms with Crippen LogP contribution in [-0.2, 0) is 0 Å². The van der Waals surface area contributed by atoms with E-state index in [1.807, 2.05) is 31.2 Å². The van der Waals surface area contributed by atoms with Gasteiger partial charge in [-0.1, -0.05) is 19.9 Å². The second kappa shape index (κ2) is 5.62. The Morgan fingerprint density at radius 2 is 2.05 bits per heavy atom. The number of hydrogen-bond acceptors (Lipinski definition) is 4. The highest BCUT2D eigenvalue weighted by Crippen LogP contribution is 2.28. The van der Waals surface area contributed by atoms with Crippen molar-refractivity contribution in [2.24, 2.45) is 0 Å². The lowest BCUT2D eigenvalue weighted by atomic mass is 9.98. The highest BCUT2D eigenvalue weighted by molar-refractivity contribution is 5.50. The minimum atomic E-state index is 0.276. The zero-order valence-electron chi connectivity index (χ0n) is 11.8. The molecule has 2 aromatic rings. The number of benzene rings is 1. The standard InChI is InChI=1S/C16H17N3O/c1-10(2)15-5-4-14(6-11(15)3)20-16-12(8-17)7-13(18)9-19-16/h4-7,9-10H,18H2,1-3H3. The van der Waals surface area contributed by atoms with E-state index in [9.17, 15) is 0 Å². The van der Waals surface area contributed by atoms with Crippen molar-refractivity contribution in [2.75, 3.05) is 5.73 Å². The summed E-state index contributed by atoms with van der Waals surface area (Å²) in [4.78, 5) is 4.06. The van der Waals surface area contributed by atoms with Gasteiger partial charge in [-0.15, -0.1) is 0 Å². The zero-order valence-corrected chi connectivity index (χ0v) is 11.8. The molecular weight excluding hydrogens is 250 g/mol. The lowest BCUT2D eigenvalue weighted by Gasteiger charge is -2.12. The van der Waals surface area contributed by atoms with Gasteiger partial charge in [0.05, 0.1) is 11.9 Å². The number of nitrogens with zero attached hydrogens (tertiary/aromatic N) is 2. The number of nitrogens with two attached hydrogens (primary N) is 1. The highest BCUT2D eigenvalue weighted by atomic mass is 16.5. The first-order valence-electron chi connectivity index (χ1n) is 6.45. The molecule has 0 bridgehead atoms. The van der Waals surface area contributed by atoms with Crippen molar-refractivity contribution in [3.8, 4) is 17.7 Å². The predicted molar refractivity (Wildman–Crippen MR) is 78.7 cm³/mol. The van der Waals surface area contributed by atoms with Crippen LogP contribution in [0.3, 0.4) is 0 Å². The number of ether oxygens (including phenoxy) is 1. The summed E-state index contributed by atoms with van der Waals surface area (Å²) in [6.45, 7) is 6.35. The molecule has 0 aliphatic rings. The quantitative estimate of drug-likeness (QED) is 0.919. The lowest BCUT2D eigenvalue weighted by molar-refractivity contribution is 0.461. The van der Waals surface area contributed by atoms with Gasteiger partial charge in [-0.25, -0.2) is 4.98 Å². The molecule has 1 aromatic carbocycles. The molecule has 1 heterocycles. The van der Waals surface area contributed by atoms with Gasteiger partial charge in [0.15, 0.2) is 0 Å². The third-order valence-electron chi connectivity index (χ3n) is 3.07. The topological polar surface area (TPSA) is 71.9 Å². The van der Waals surface area contributed by atoms with Gasteiger partial charge < -0.3 is 10.5 Å². The fraction of sp³-hybridized carbons (Fsp3) is 0.250. The maximum atomic E-state index is 9.07. The molecule has 1 aromatic heterocycles. The van der Waals surface area contributed by atoms with Gasteiger partial charge in [0, 0.05) is 0 Å². The molecule has 0 atom stereocenters. The van der Waals surface area contributed by atoms with Crippen molar-refractivity contribution in [1.82, 2.24) is 4.98 Å². The van der Waals surface area contributed by atoms with Gasteiger partial charge in [0.1, 0.15) is 17.4 Å². The molecule has 4 nitrogen and oxygen atoms in total. The molecule has 2 rings (SSSR count). The van der Waals surface area contributed by atoms with Crippen molar-refractivity contribution in [3.63, 3.8) is 0 Å². The minimum absolute atomic E-state index is 0.276. The van der Waals surface area contributed by atoms with Crippen LogP contribution in [0.5, 0.6) is 11.6 Å². The first-order chi connectivity index (χ1) is 9.51. The Kier molecular flexibility index (Phi) is 3.90. The lowest BCUT2D eigenvalue weighted by Crippen LogP contribution is -1.96. The van der Waals surface area contributed by atoms with Crippen LogP contribution in [0, 0.1) is 18.3 Å². The Balaban J connectivity index is 2.32. The number of aryl methyl sites for hydroxylation is 1. The Bertz CT molecular complexity index is 672. The molecule has 0 saturated heterocycles. The van der Waals surface area contributed by atoms with Crippen LogP contribution >= 0.6 is 0 Å². The van der Waals surface area contributed by atoms with Gasteiger partial charge in [0.2, 0.25) is 5.88 Å². The Morgan fingerprint density at radius 1 is 1.30 bits per heavy atom. The number of rotatable bonds is 3. The molecule has 0 radical (unpaired) electrons. The van der Waals surface area contributed by atoms with Gasteiger partial charge in [-0.3, -0.25) is 0 Å². The predicted octanol–water partition coefficient (Wildman–Crippen LogP) is 3.76. The molecule has 0 saturated carbocycles. The summed E-state index contributed by atoms with van der Waals surface area (Å²) in [6, 6.07) is 9.47. The summed E-state index contributed by atoms with van der Waals surface area (Å²) >= 11 is 0. The van der Waals surface area contributed by atoms with Crippen LogP contribution in [0.4, 0.5) is 5.69 Å². The van der Waals surface area contributed by atoms with E-state index in [4.69, 9.17) is 15.7 Å². The molecule has 0 aliphatic heterocycles. The normalized spacial score (nSPS) is 10.3. The van der Waals surface area contributed by atoms with Crippen molar-refractivity contribution in [3.05, 3.63) is 47.2 Å². The monoisotopic (exact) mass is 267 g/mol. The third-order valence-corrected chi connectivity index (χ3v) is 3.07. The van der Waals surface area contributed by atoms with E-state index in [2.05, 4.69) is 18.8 Å². The van der Waals surface area contributed by atoms with Crippen LogP contribution in [0.2, 0.25) is 0 Å². The van der Waals surface area contributed by atoms with E-state index in [0.717, 1.165) is 5.56 Å². The van der Waals surface area contributed by atoms with Gasteiger partial charge in [0.25, 0.3) is 0 Å². The molecule has 0 spiro atoms. The van der Waals surface area contributed by atoms with Gasteiger partial charge in [-0.05, 0) is 42.2 Å². The molecule has 20 heavy (non-hydrogen) atoms. The highest BCUT2D eigenvalue weighted by Gasteiger charge is 2.09. The largest absolute Gasteiger partial charge is 0.438 e. The van der Waals surface area contributed by atoms with E-state index in [-0.39, 0.29) is 5.88 Å². The summed E-state index contributed by atoms with van der Waals surface area (Å²) in [5.74, 6) is 1.41. The first kappa shape index (κ1) is 13.9. The van der Waals surface area contributed by atoms with Crippen LogP contribution in [0.25, 0.3) is 0 Å². The van der Waals surface area contributed by atoms with Crippen molar-refractivity contribution >= 4 is 5.69 Å². The van der Waals surface area contributed by atoms with E-state index in [0.29, 0.717) is 22.9 Å². The van der Waals surface area contributed by atoms with Crippen molar-refractivity contribution in [1.29, 1.82) is 5.26 Å². The fourth-order valence-electron chi connectivity index (χ4n) is 2.10. The summed E-state index contributed by atoms with van der Waals surface area (Å²) in [7, 11) is 0. The third kappa shape index (κ3) is 2.89. The second-order valence-corrected chi connectivity index (χ2v) is 5.01. The number of hydrogen-bond donors (Lipinski definition) is 1. The van der Waals surface area contributed by atoms with Gasteiger partial charge in [-0.2, -0.15) is 5.26 Å². The minimum Gasteiger partial charge on any atom is -0.438 e. The molecule has 0 unspecified atom stereocenters. The van der Waals surface area contributed by atoms with Crippen molar-refractivity contribution < 1.29 is 4.74 Å². The number of nitrogen functional groups attached to an aromatic ring is 1. The van der Waals surface area contributed by atoms with E-state index in [1.54, 1.807) is 6.07 Å². The molecule has 0 amide bonds. The van der Waals surface area contributed by atoms with E-state index >= 15 is 0 Å². The molecule has 2 N–H and O–H groups in total. The van der Waals surface area contributed by atoms with Crippen LogP contribution in [0.1, 0.15) is 36.5 Å². The maximum absolute atomic E-state index is 9.07. The maximum Gasteiger partial charge on any atom is 0.237 e. The SMILES string of the molecule is Cc1cc(Oc2ncc(N)cc2C#N)ccc1C(C)C. The number of nitriles is 1. The molecular formula is C16H17N3O. The number of pyridine rings is 1. The Labute approximate surface area is 118 Å².